The third kappa shape index (κ3) is 6.81. The number of hydrogen-bond acceptors (Lipinski definition) is 6. The Kier molecular flexibility index (Phi) is 8.81. The Morgan fingerprint density at radius 1 is 0.769 bits per heavy atom. The molecule has 1 saturated heterocycles. The zero-order valence-electron chi connectivity index (χ0n) is 22.2. The van der Waals surface area contributed by atoms with E-state index in [-0.39, 0.29) is 11.9 Å². The molecule has 4 aromatic carbocycles. The van der Waals surface area contributed by atoms with Crippen LogP contribution in [-0.4, -0.2) is 52.0 Å². The fourth-order valence-electron chi connectivity index (χ4n) is 4.68. The lowest BCUT2D eigenvalue weighted by atomic mass is 10.1. The number of para-hydroxylation sites is 2. The summed E-state index contributed by atoms with van der Waals surface area (Å²) in [4.78, 5) is 14.7. The standard InChI is InChI=1S/C32H34N2O5/c1-36-30-10-4-5-11-31(30)38-19-7-6-18-37-28-16-13-26(14-17-28)34-27(21-33-22-32(34)35)23-39-29-15-12-24-8-2-3-9-25(24)20-29/h2-5,8-17,20,27,33H,6-7,18-19,21-23H2,1H3/t27-/m1/s1. The van der Waals surface area contributed by atoms with E-state index in [2.05, 4.69) is 23.5 Å². The Morgan fingerprint density at radius 2 is 1.46 bits per heavy atom. The van der Waals surface area contributed by atoms with Crippen LogP contribution in [0.4, 0.5) is 5.69 Å². The van der Waals surface area contributed by atoms with Crippen LogP contribution in [0.5, 0.6) is 23.0 Å². The highest BCUT2D eigenvalue weighted by atomic mass is 16.5. The molecule has 1 atom stereocenters. The van der Waals surface area contributed by atoms with Crippen LogP contribution < -0.4 is 29.2 Å². The number of hydrogen-bond donors (Lipinski definition) is 1. The van der Waals surface area contributed by atoms with Gasteiger partial charge in [-0.1, -0.05) is 42.5 Å². The van der Waals surface area contributed by atoms with Crippen LogP contribution in [0.25, 0.3) is 10.8 Å². The summed E-state index contributed by atoms with van der Waals surface area (Å²) in [5.74, 6) is 3.08. The molecule has 0 unspecified atom stereocenters. The minimum Gasteiger partial charge on any atom is -0.494 e. The van der Waals surface area contributed by atoms with Crippen LogP contribution in [0.15, 0.2) is 91.0 Å². The summed E-state index contributed by atoms with van der Waals surface area (Å²) in [6, 6.07) is 29.5. The lowest BCUT2D eigenvalue weighted by molar-refractivity contribution is -0.119. The SMILES string of the molecule is COc1ccccc1OCCCCOc1ccc(N2C(=O)CNC[C@@H]2COc2ccc3ccccc3c2)cc1. The van der Waals surface area contributed by atoms with Crippen LogP contribution in [0.3, 0.4) is 0 Å². The molecule has 1 N–H and O–H groups in total. The van der Waals surface area contributed by atoms with E-state index in [1.807, 2.05) is 77.7 Å². The minimum atomic E-state index is -0.118. The van der Waals surface area contributed by atoms with Gasteiger partial charge < -0.3 is 29.2 Å². The zero-order valence-corrected chi connectivity index (χ0v) is 22.2. The van der Waals surface area contributed by atoms with Gasteiger partial charge in [-0.15, -0.1) is 0 Å². The topological polar surface area (TPSA) is 69.3 Å². The third-order valence-corrected chi connectivity index (χ3v) is 6.70. The average molecular weight is 527 g/mol. The maximum atomic E-state index is 12.8. The molecule has 0 aliphatic carbocycles. The Balaban J connectivity index is 1.11. The van der Waals surface area contributed by atoms with E-state index in [0.717, 1.165) is 46.9 Å². The fourth-order valence-corrected chi connectivity index (χ4v) is 4.68. The molecular formula is C32H34N2O5. The molecule has 1 aliphatic heterocycles. The van der Waals surface area contributed by atoms with Crippen molar-refractivity contribution >= 4 is 22.4 Å². The van der Waals surface area contributed by atoms with Gasteiger partial charge in [0.1, 0.15) is 18.1 Å². The number of carbonyl (C=O) groups is 1. The maximum Gasteiger partial charge on any atom is 0.241 e. The van der Waals surface area contributed by atoms with Gasteiger partial charge in [0, 0.05) is 12.2 Å². The molecule has 1 amide bonds. The number of fused-ring (bicyclic) bond motifs is 1. The quantitative estimate of drug-likeness (QED) is 0.247. The molecule has 1 heterocycles. The molecule has 0 bridgehead atoms. The van der Waals surface area contributed by atoms with E-state index in [1.165, 1.54) is 5.39 Å². The third-order valence-electron chi connectivity index (χ3n) is 6.70. The molecular weight excluding hydrogens is 492 g/mol. The Bertz CT molecular complexity index is 1370. The van der Waals surface area contributed by atoms with Gasteiger partial charge >= 0.3 is 0 Å². The second-order valence-corrected chi connectivity index (χ2v) is 9.42. The zero-order chi connectivity index (χ0) is 26.9. The molecule has 1 aliphatic rings. The summed E-state index contributed by atoms with van der Waals surface area (Å²) in [5.41, 5.74) is 0.839. The van der Waals surface area contributed by atoms with Gasteiger partial charge in [-0.25, -0.2) is 0 Å². The van der Waals surface area contributed by atoms with E-state index in [1.54, 1.807) is 7.11 Å². The van der Waals surface area contributed by atoms with E-state index in [4.69, 9.17) is 18.9 Å². The number of benzene rings is 4. The van der Waals surface area contributed by atoms with E-state index in [0.29, 0.717) is 32.9 Å². The number of methoxy groups -OCH3 is 1. The van der Waals surface area contributed by atoms with E-state index >= 15 is 0 Å². The Morgan fingerprint density at radius 3 is 2.26 bits per heavy atom. The van der Waals surface area contributed by atoms with Gasteiger partial charge in [-0.2, -0.15) is 0 Å². The number of piperazine rings is 1. The number of nitrogens with zero attached hydrogens (tertiary/aromatic N) is 1. The van der Waals surface area contributed by atoms with Gasteiger partial charge in [-0.3, -0.25) is 4.79 Å². The number of anilines is 1. The van der Waals surface area contributed by atoms with E-state index < -0.39 is 0 Å². The highest BCUT2D eigenvalue weighted by molar-refractivity contribution is 5.96. The molecule has 1 fully saturated rings. The number of rotatable bonds is 12. The van der Waals surface area contributed by atoms with Crippen molar-refractivity contribution in [2.45, 2.75) is 18.9 Å². The highest BCUT2D eigenvalue weighted by Gasteiger charge is 2.29. The second-order valence-electron chi connectivity index (χ2n) is 9.42. The van der Waals surface area contributed by atoms with Crippen molar-refractivity contribution in [1.82, 2.24) is 5.32 Å². The fraction of sp³-hybridized carbons (Fsp3) is 0.281. The largest absolute Gasteiger partial charge is 0.494 e. The predicted molar refractivity (Wildman–Crippen MR) is 153 cm³/mol. The van der Waals surface area contributed by atoms with Gasteiger partial charge in [-0.05, 0) is 72.1 Å². The number of unbranched alkanes of at least 4 members (excludes halogenated alkanes) is 1. The maximum absolute atomic E-state index is 12.8. The first kappa shape index (κ1) is 26.4. The summed E-state index contributed by atoms with van der Waals surface area (Å²) in [5, 5.41) is 5.51. The molecule has 39 heavy (non-hydrogen) atoms. The van der Waals surface area contributed by atoms with Gasteiger partial charge in [0.15, 0.2) is 11.5 Å². The summed E-state index contributed by atoms with van der Waals surface area (Å²) in [7, 11) is 1.64. The molecule has 0 aromatic heterocycles. The van der Waals surface area contributed by atoms with Gasteiger partial charge in [0.05, 0.1) is 32.9 Å². The lowest BCUT2D eigenvalue weighted by Gasteiger charge is -2.36. The molecule has 4 aromatic rings. The molecule has 202 valence electrons. The number of carbonyl (C=O) groups excluding carboxylic acids is 1. The van der Waals surface area contributed by atoms with Crippen LogP contribution in [-0.2, 0) is 4.79 Å². The van der Waals surface area contributed by atoms with Crippen LogP contribution in [0.1, 0.15) is 12.8 Å². The van der Waals surface area contributed by atoms with Gasteiger partial charge in [0.25, 0.3) is 0 Å². The predicted octanol–water partition coefficient (Wildman–Crippen LogP) is 5.47. The normalized spacial score (nSPS) is 15.3. The Hall–Kier alpha value is -4.23. The Labute approximate surface area is 229 Å². The van der Waals surface area contributed by atoms with Crippen molar-refractivity contribution in [1.29, 1.82) is 0 Å². The van der Waals surface area contributed by atoms with E-state index in [9.17, 15) is 4.79 Å². The molecule has 7 nitrogen and oxygen atoms in total. The summed E-state index contributed by atoms with van der Waals surface area (Å²) in [6.45, 7) is 2.54. The van der Waals surface area contributed by atoms with Crippen molar-refractivity contribution in [3.63, 3.8) is 0 Å². The molecule has 0 saturated carbocycles. The minimum absolute atomic E-state index is 0.0251. The second kappa shape index (κ2) is 13.0. The summed E-state index contributed by atoms with van der Waals surface area (Å²) >= 11 is 0. The molecule has 0 radical (unpaired) electrons. The smallest absolute Gasteiger partial charge is 0.241 e. The number of ether oxygens (including phenoxy) is 4. The monoisotopic (exact) mass is 526 g/mol. The van der Waals surface area contributed by atoms with Crippen molar-refractivity contribution < 1.29 is 23.7 Å². The van der Waals surface area contributed by atoms with Crippen LogP contribution in [0.2, 0.25) is 0 Å². The highest BCUT2D eigenvalue weighted by Crippen LogP contribution is 2.27. The molecule has 0 spiro atoms. The van der Waals surface area contributed by atoms with Crippen LogP contribution in [0, 0.1) is 0 Å². The average Bonchev–Trinajstić information content (AvgIpc) is 2.98. The molecule has 7 heteroatoms. The number of nitrogens with one attached hydrogen (secondary N) is 1. The number of amides is 1. The van der Waals surface area contributed by atoms with Gasteiger partial charge in [0.2, 0.25) is 5.91 Å². The van der Waals surface area contributed by atoms with Crippen molar-refractivity contribution in [2.75, 3.05) is 44.9 Å². The summed E-state index contributed by atoms with van der Waals surface area (Å²) < 4.78 is 23.2. The van der Waals surface area contributed by atoms with Crippen molar-refractivity contribution in [2.24, 2.45) is 0 Å². The first-order valence-electron chi connectivity index (χ1n) is 13.3. The first-order chi connectivity index (χ1) is 19.2. The molecule has 5 rings (SSSR count). The lowest BCUT2D eigenvalue weighted by Crippen LogP contribution is -2.57. The summed E-state index contributed by atoms with van der Waals surface area (Å²) in [6.07, 6.45) is 1.73. The first-order valence-corrected chi connectivity index (χ1v) is 13.3. The van der Waals surface area contributed by atoms with Crippen LogP contribution >= 0.6 is 0 Å². The van der Waals surface area contributed by atoms with Crippen molar-refractivity contribution in [3.05, 3.63) is 91.0 Å². The van der Waals surface area contributed by atoms with Crippen molar-refractivity contribution in [3.8, 4) is 23.0 Å².